The van der Waals surface area contributed by atoms with E-state index in [-0.39, 0.29) is 11.5 Å². The summed E-state index contributed by atoms with van der Waals surface area (Å²) in [6, 6.07) is 0. The van der Waals surface area contributed by atoms with Crippen molar-refractivity contribution in [1.29, 1.82) is 0 Å². The van der Waals surface area contributed by atoms with Crippen LogP contribution in [0.5, 0.6) is 0 Å². The largest absolute Gasteiger partial charge is 0.393 e. The van der Waals surface area contributed by atoms with Crippen molar-refractivity contribution in [3.05, 3.63) is 12.2 Å². The van der Waals surface area contributed by atoms with Crippen LogP contribution in [0, 0.1) is 35.0 Å². The summed E-state index contributed by atoms with van der Waals surface area (Å²) in [4.78, 5) is 0. The topological polar surface area (TPSA) is 20.2 Å². The lowest BCUT2D eigenvalue weighted by Crippen LogP contribution is -2.38. The van der Waals surface area contributed by atoms with Gasteiger partial charge in [0.15, 0.2) is 0 Å². The molecule has 3 fully saturated rings. The van der Waals surface area contributed by atoms with Crippen LogP contribution in [0.15, 0.2) is 12.2 Å². The summed E-state index contributed by atoms with van der Waals surface area (Å²) in [5.41, 5.74) is 1.52. The number of aliphatic hydroxyl groups is 1. The Labute approximate surface area is 98.9 Å². The van der Waals surface area contributed by atoms with Gasteiger partial charge in [-0.15, -0.1) is 0 Å². The third kappa shape index (κ3) is 1.21. The zero-order chi connectivity index (χ0) is 11.7. The van der Waals surface area contributed by atoms with E-state index < -0.39 is 0 Å². The molecule has 3 aliphatic rings. The first-order valence-corrected chi connectivity index (χ1v) is 6.80. The van der Waals surface area contributed by atoms with Crippen LogP contribution in [-0.2, 0) is 0 Å². The van der Waals surface area contributed by atoms with Crippen molar-refractivity contribution in [3.8, 4) is 0 Å². The van der Waals surface area contributed by atoms with Crippen molar-refractivity contribution in [1.82, 2.24) is 0 Å². The molecule has 16 heavy (non-hydrogen) atoms. The van der Waals surface area contributed by atoms with Gasteiger partial charge >= 0.3 is 0 Å². The molecule has 1 heteroatoms. The molecule has 0 aromatic carbocycles. The highest BCUT2D eigenvalue weighted by Crippen LogP contribution is 2.69. The third-order valence-corrected chi connectivity index (χ3v) is 5.99. The molecule has 6 atom stereocenters. The van der Waals surface area contributed by atoms with Gasteiger partial charge in [-0.3, -0.25) is 0 Å². The number of hydrogen-bond donors (Lipinski definition) is 1. The molecule has 0 aliphatic heterocycles. The van der Waals surface area contributed by atoms with Gasteiger partial charge in [0.05, 0.1) is 6.10 Å². The number of fused-ring (bicyclic) bond motifs is 3. The van der Waals surface area contributed by atoms with E-state index in [9.17, 15) is 5.11 Å². The molecular formula is C15H24O. The molecule has 90 valence electrons. The SMILES string of the molecule is C=C1CC[C@H](O)C(C)(C)[C@@H]2[C@H]3[C@H](C)[C@H]3C[C@H]12. The van der Waals surface area contributed by atoms with Gasteiger partial charge in [0.2, 0.25) is 0 Å². The van der Waals surface area contributed by atoms with E-state index in [1.54, 1.807) is 0 Å². The van der Waals surface area contributed by atoms with Gasteiger partial charge in [-0.25, -0.2) is 0 Å². The summed E-state index contributed by atoms with van der Waals surface area (Å²) in [6.45, 7) is 11.2. The second-order valence-corrected chi connectivity index (χ2v) is 7.00. The summed E-state index contributed by atoms with van der Waals surface area (Å²) in [6.07, 6.45) is 3.18. The Morgan fingerprint density at radius 3 is 2.75 bits per heavy atom. The van der Waals surface area contributed by atoms with Gasteiger partial charge < -0.3 is 5.11 Å². The lowest BCUT2D eigenvalue weighted by Gasteiger charge is -2.39. The standard InChI is InChI=1S/C15H24O/c1-8-5-6-12(16)15(3,4)14-10(8)7-11-9(2)13(11)14/h9-14,16H,1,5-7H2,2-4H3/t9-,10-,11-,12+,13+,14+/m1/s1. The van der Waals surface area contributed by atoms with E-state index in [2.05, 4.69) is 27.4 Å². The van der Waals surface area contributed by atoms with Crippen molar-refractivity contribution in [2.45, 2.75) is 46.1 Å². The maximum absolute atomic E-state index is 10.4. The minimum Gasteiger partial charge on any atom is -0.393 e. The summed E-state index contributed by atoms with van der Waals surface area (Å²) < 4.78 is 0. The van der Waals surface area contributed by atoms with Crippen molar-refractivity contribution >= 4 is 0 Å². The zero-order valence-electron chi connectivity index (χ0n) is 10.7. The van der Waals surface area contributed by atoms with Crippen LogP contribution >= 0.6 is 0 Å². The first-order valence-electron chi connectivity index (χ1n) is 6.80. The molecule has 3 saturated carbocycles. The van der Waals surface area contributed by atoms with E-state index in [0.29, 0.717) is 11.8 Å². The van der Waals surface area contributed by atoms with Gasteiger partial charge in [-0.2, -0.15) is 0 Å². The highest BCUT2D eigenvalue weighted by Gasteiger charge is 2.64. The summed E-state index contributed by atoms with van der Waals surface area (Å²) >= 11 is 0. The second-order valence-electron chi connectivity index (χ2n) is 7.00. The molecule has 0 radical (unpaired) electrons. The predicted octanol–water partition coefficient (Wildman–Crippen LogP) is 3.24. The van der Waals surface area contributed by atoms with Crippen LogP contribution in [-0.4, -0.2) is 11.2 Å². The third-order valence-electron chi connectivity index (χ3n) is 5.99. The number of rotatable bonds is 0. The molecule has 3 rings (SSSR count). The minimum atomic E-state index is -0.134. The van der Waals surface area contributed by atoms with E-state index >= 15 is 0 Å². The molecular weight excluding hydrogens is 196 g/mol. The van der Waals surface area contributed by atoms with Gasteiger partial charge in [0.25, 0.3) is 0 Å². The summed E-state index contributed by atoms with van der Waals surface area (Å²) in [7, 11) is 0. The fourth-order valence-electron chi connectivity index (χ4n) is 4.79. The van der Waals surface area contributed by atoms with E-state index in [4.69, 9.17) is 0 Å². The lowest BCUT2D eigenvalue weighted by atomic mass is 9.67. The molecule has 0 bridgehead atoms. The van der Waals surface area contributed by atoms with Gasteiger partial charge in [-0.05, 0) is 54.3 Å². The maximum atomic E-state index is 10.4. The maximum Gasteiger partial charge on any atom is 0.0597 e. The fraction of sp³-hybridized carbons (Fsp3) is 0.867. The van der Waals surface area contributed by atoms with E-state index in [0.717, 1.165) is 30.6 Å². The molecule has 1 N–H and O–H groups in total. The Hall–Kier alpha value is -0.300. The number of allylic oxidation sites excluding steroid dienone is 1. The van der Waals surface area contributed by atoms with Crippen molar-refractivity contribution in [3.63, 3.8) is 0 Å². The van der Waals surface area contributed by atoms with Crippen molar-refractivity contribution in [2.75, 3.05) is 0 Å². The van der Waals surface area contributed by atoms with Gasteiger partial charge in [0, 0.05) is 0 Å². The molecule has 0 amide bonds. The first-order chi connectivity index (χ1) is 7.44. The van der Waals surface area contributed by atoms with Gasteiger partial charge in [-0.1, -0.05) is 32.9 Å². The van der Waals surface area contributed by atoms with Crippen molar-refractivity contribution in [2.24, 2.45) is 35.0 Å². The average molecular weight is 220 g/mol. The quantitative estimate of drug-likeness (QED) is 0.621. The summed E-state index contributed by atoms with van der Waals surface area (Å²) in [5, 5.41) is 10.4. The Morgan fingerprint density at radius 2 is 2.06 bits per heavy atom. The van der Waals surface area contributed by atoms with Crippen LogP contribution in [0.1, 0.15) is 40.0 Å². The zero-order valence-corrected chi connectivity index (χ0v) is 10.7. The molecule has 0 spiro atoms. The van der Waals surface area contributed by atoms with Crippen LogP contribution in [0.3, 0.4) is 0 Å². The lowest BCUT2D eigenvalue weighted by molar-refractivity contribution is -0.00770. The highest BCUT2D eigenvalue weighted by molar-refractivity contribution is 5.21. The Balaban J connectivity index is 1.97. The minimum absolute atomic E-state index is 0.0916. The predicted molar refractivity (Wildman–Crippen MR) is 65.9 cm³/mol. The number of hydrogen-bond acceptors (Lipinski definition) is 1. The first kappa shape index (κ1) is 10.8. The monoisotopic (exact) mass is 220 g/mol. The average Bonchev–Trinajstić information content (AvgIpc) is 2.73. The van der Waals surface area contributed by atoms with E-state index in [1.165, 1.54) is 12.0 Å². The molecule has 0 saturated heterocycles. The number of aliphatic hydroxyl groups excluding tert-OH is 1. The molecule has 3 aliphatic carbocycles. The second kappa shape index (κ2) is 3.13. The fourth-order valence-corrected chi connectivity index (χ4v) is 4.79. The molecule has 0 heterocycles. The van der Waals surface area contributed by atoms with Crippen LogP contribution in [0.4, 0.5) is 0 Å². The Morgan fingerprint density at radius 1 is 1.38 bits per heavy atom. The van der Waals surface area contributed by atoms with Gasteiger partial charge in [0.1, 0.15) is 0 Å². The smallest absolute Gasteiger partial charge is 0.0597 e. The Bertz CT molecular complexity index is 330. The summed E-state index contributed by atoms with van der Waals surface area (Å²) in [5.74, 6) is 4.12. The molecule has 0 aromatic heterocycles. The Kier molecular flexibility index (Phi) is 2.12. The highest BCUT2D eigenvalue weighted by atomic mass is 16.3. The molecule has 0 aromatic rings. The van der Waals surface area contributed by atoms with Crippen molar-refractivity contribution < 1.29 is 5.11 Å². The van der Waals surface area contributed by atoms with Crippen LogP contribution in [0.2, 0.25) is 0 Å². The van der Waals surface area contributed by atoms with E-state index in [1.807, 2.05) is 0 Å². The molecule has 0 unspecified atom stereocenters. The van der Waals surface area contributed by atoms with Crippen LogP contribution in [0.25, 0.3) is 0 Å². The normalized spacial score (nSPS) is 54.1. The molecule has 1 nitrogen and oxygen atoms in total. The van der Waals surface area contributed by atoms with Crippen LogP contribution < -0.4 is 0 Å².